The number of Topliss-reactive ketones (excluding diaryl/α,β-unsaturated/α-hetero) is 1. The van der Waals surface area contributed by atoms with Crippen LogP contribution in [-0.4, -0.2) is 25.0 Å². The van der Waals surface area contributed by atoms with E-state index in [1.54, 1.807) is 56.5 Å². The van der Waals surface area contributed by atoms with Gasteiger partial charge in [0.1, 0.15) is 5.75 Å². The Hall–Kier alpha value is -2.62. The van der Waals surface area contributed by atoms with Crippen LogP contribution < -0.4 is 4.74 Å². The fourth-order valence-corrected chi connectivity index (χ4v) is 2.07. The van der Waals surface area contributed by atoms with Crippen LogP contribution in [-0.2, 0) is 4.74 Å². The van der Waals surface area contributed by atoms with E-state index in [0.717, 1.165) is 5.56 Å². The van der Waals surface area contributed by atoms with Gasteiger partial charge in [-0.2, -0.15) is 0 Å². The minimum absolute atomic E-state index is 0.229. The summed E-state index contributed by atoms with van der Waals surface area (Å²) in [4.78, 5) is 24.3. The van der Waals surface area contributed by atoms with E-state index in [1.807, 2.05) is 13.0 Å². The Morgan fingerprint density at radius 1 is 1.00 bits per heavy atom. The molecule has 0 bridgehead atoms. The summed E-state index contributed by atoms with van der Waals surface area (Å²) in [5.41, 5.74) is 1.80. The first kappa shape index (κ1) is 15.8. The van der Waals surface area contributed by atoms with Crippen molar-refractivity contribution < 1.29 is 19.1 Å². The van der Waals surface area contributed by atoms with Gasteiger partial charge in [0.05, 0.1) is 12.7 Å². The summed E-state index contributed by atoms with van der Waals surface area (Å²) in [5.74, 6) is -0.167. The molecule has 0 fully saturated rings. The molecule has 0 N–H and O–H groups in total. The summed E-state index contributed by atoms with van der Waals surface area (Å²) < 4.78 is 10.4. The fourth-order valence-electron chi connectivity index (χ4n) is 2.07. The predicted molar refractivity (Wildman–Crippen MR) is 83.4 cm³/mol. The minimum Gasteiger partial charge on any atom is -0.496 e. The summed E-state index contributed by atoms with van der Waals surface area (Å²) in [7, 11) is 1.54. The van der Waals surface area contributed by atoms with Crippen molar-refractivity contribution in [3.8, 4) is 5.75 Å². The lowest BCUT2D eigenvalue weighted by molar-refractivity contribution is 0.0318. The zero-order chi connectivity index (χ0) is 16.1. The van der Waals surface area contributed by atoms with Crippen LogP contribution in [0.3, 0.4) is 0 Å². The molecule has 114 valence electrons. The molecule has 1 atom stereocenters. The van der Waals surface area contributed by atoms with Gasteiger partial charge < -0.3 is 9.47 Å². The Morgan fingerprint density at radius 2 is 1.68 bits per heavy atom. The number of esters is 1. The number of carbonyl (C=O) groups excluding carboxylic acids is 2. The standard InChI is InChI=1S/C18H18O4/c1-12-9-10-15(11-16(12)21-3)18(20)22-13(2)17(19)14-7-5-4-6-8-14/h4-11,13H,1-3H3. The molecule has 22 heavy (non-hydrogen) atoms. The third-order valence-electron chi connectivity index (χ3n) is 3.36. The number of benzene rings is 2. The maximum absolute atomic E-state index is 12.2. The van der Waals surface area contributed by atoms with Crippen molar-refractivity contribution in [2.24, 2.45) is 0 Å². The van der Waals surface area contributed by atoms with Gasteiger partial charge in [-0.05, 0) is 31.5 Å². The molecule has 4 heteroatoms. The molecule has 0 radical (unpaired) electrons. The lowest BCUT2D eigenvalue weighted by atomic mass is 10.1. The zero-order valence-electron chi connectivity index (χ0n) is 12.8. The van der Waals surface area contributed by atoms with Crippen molar-refractivity contribution >= 4 is 11.8 Å². The first-order valence-electron chi connectivity index (χ1n) is 6.98. The molecule has 0 heterocycles. The number of carbonyl (C=O) groups is 2. The number of methoxy groups -OCH3 is 1. The van der Waals surface area contributed by atoms with Gasteiger partial charge in [0.25, 0.3) is 0 Å². The summed E-state index contributed by atoms with van der Waals surface area (Å²) in [6.45, 7) is 3.45. The van der Waals surface area contributed by atoms with Crippen LogP contribution in [0.4, 0.5) is 0 Å². The molecule has 0 aliphatic heterocycles. The van der Waals surface area contributed by atoms with Crippen LogP contribution in [0.15, 0.2) is 48.5 Å². The van der Waals surface area contributed by atoms with E-state index in [2.05, 4.69) is 0 Å². The molecule has 0 aliphatic carbocycles. The van der Waals surface area contributed by atoms with E-state index in [9.17, 15) is 9.59 Å². The van der Waals surface area contributed by atoms with Crippen molar-refractivity contribution in [2.75, 3.05) is 7.11 Å². The van der Waals surface area contributed by atoms with E-state index < -0.39 is 12.1 Å². The number of ether oxygens (including phenoxy) is 2. The molecule has 2 aromatic rings. The maximum Gasteiger partial charge on any atom is 0.338 e. The van der Waals surface area contributed by atoms with E-state index in [0.29, 0.717) is 16.9 Å². The van der Waals surface area contributed by atoms with Crippen LogP contribution in [0.2, 0.25) is 0 Å². The van der Waals surface area contributed by atoms with Gasteiger partial charge in [-0.15, -0.1) is 0 Å². The molecule has 2 aromatic carbocycles. The van der Waals surface area contributed by atoms with Crippen molar-refractivity contribution in [2.45, 2.75) is 20.0 Å². The highest BCUT2D eigenvalue weighted by molar-refractivity contribution is 6.01. The lowest BCUT2D eigenvalue weighted by Crippen LogP contribution is -2.24. The number of hydrogen-bond donors (Lipinski definition) is 0. The molecule has 2 rings (SSSR count). The van der Waals surface area contributed by atoms with Crippen LogP contribution in [0.25, 0.3) is 0 Å². The zero-order valence-corrected chi connectivity index (χ0v) is 12.8. The summed E-state index contributed by atoms with van der Waals surface area (Å²) in [5, 5.41) is 0. The summed E-state index contributed by atoms with van der Waals surface area (Å²) in [6, 6.07) is 13.8. The molecular weight excluding hydrogens is 280 g/mol. The number of hydrogen-bond acceptors (Lipinski definition) is 4. The molecule has 0 aliphatic rings. The third-order valence-corrected chi connectivity index (χ3v) is 3.36. The van der Waals surface area contributed by atoms with Gasteiger partial charge in [-0.25, -0.2) is 4.79 Å². The van der Waals surface area contributed by atoms with E-state index >= 15 is 0 Å². The molecule has 1 unspecified atom stereocenters. The second-order valence-electron chi connectivity index (χ2n) is 4.96. The van der Waals surface area contributed by atoms with Crippen molar-refractivity contribution in [3.05, 3.63) is 65.2 Å². The average molecular weight is 298 g/mol. The van der Waals surface area contributed by atoms with Crippen LogP contribution in [0.1, 0.15) is 33.2 Å². The van der Waals surface area contributed by atoms with Crippen molar-refractivity contribution in [1.82, 2.24) is 0 Å². The SMILES string of the molecule is COc1cc(C(=O)OC(C)C(=O)c2ccccc2)ccc1C. The van der Waals surface area contributed by atoms with Crippen molar-refractivity contribution in [3.63, 3.8) is 0 Å². The van der Waals surface area contributed by atoms with Gasteiger partial charge in [0.2, 0.25) is 5.78 Å². The van der Waals surface area contributed by atoms with E-state index in [4.69, 9.17) is 9.47 Å². The van der Waals surface area contributed by atoms with Gasteiger partial charge in [-0.1, -0.05) is 36.4 Å². The highest BCUT2D eigenvalue weighted by atomic mass is 16.5. The van der Waals surface area contributed by atoms with Crippen LogP contribution >= 0.6 is 0 Å². The Morgan fingerprint density at radius 3 is 2.32 bits per heavy atom. The second-order valence-corrected chi connectivity index (χ2v) is 4.96. The number of aryl methyl sites for hydroxylation is 1. The Kier molecular flexibility index (Phi) is 4.94. The van der Waals surface area contributed by atoms with E-state index in [-0.39, 0.29) is 5.78 Å². The van der Waals surface area contributed by atoms with Gasteiger partial charge >= 0.3 is 5.97 Å². The molecule has 4 nitrogen and oxygen atoms in total. The molecular formula is C18H18O4. The quantitative estimate of drug-likeness (QED) is 0.627. The normalized spacial score (nSPS) is 11.6. The van der Waals surface area contributed by atoms with E-state index in [1.165, 1.54) is 0 Å². The van der Waals surface area contributed by atoms with Gasteiger partial charge in [0.15, 0.2) is 6.10 Å². The fraction of sp³-hybridized carbons (Fsp3) is 0.222. The molecule has 0 saturated heterocycles. The molecule has 0 aromatic heterocycles. The predicted octanol–water partition coefficient (Wildman–Crippen LogP) is 3.43. The Balaban J connectivity index is 2.10. The lowest BCUT2D eigenvalue weighted by Gasteiger charge is -2.13. The second kappa shape index (κ2) is 6.89. The highest BCUT2D eigenvalue weighted by Gasteiger charge is 2.20. The topological polar surface area (TPSA) is 52.6 Å². The first-order valence-corrected chi connectivity index (χ1v) is 6.98. The monoisotopic (exact) mass is 298 g/mol. The number of ketones is 1. The Labute approximate surface area is 129 Å². The average Bonchev–Trinajstić information content (AvgIpc) is 2.55. The molecule has 0 amide bonds. The van der Waals surface area contributed by atoms with Crippen molar-refractivity contribution in [1.29, 1.82) is 0 Å². The third kappa shape index (κ3) is 3.52. The minimum atomic E-state index is -0.845. The summed E-state index contributed by atoms with van der Waals surface area (Å²) in [6.07, 6.45) is -0.845. The van der Waals surface area contributed by atoms with Crippen LogP contribution in [0.5, 0.6) is 5.75 Å². The number of rotatable bonds is 5. The van der Waals surface area contributed by atoms with Gasteiger partial charge in [0, 0.05) is 5.56 Å². The first-order chi connectivity index (χ1) is 10.5. The van der Waals surface area contributed by atoms with Crippen LogP contribution in [0, 0.1) is 6.92 Å². The summed E-state index contributed by atoms with van der Waals surface area (Å²) >= 11 is 0. The maximum atomic E-state index is 12.2. The Bertz CT molecular complexity index is 677. The molecule has 0 spiro atoms. The highest BCUT2D eigenvalue weighted by Crippen LogP contribution is 2.20. The largest absolute Gasteiger partial charge is 0.496 e. The smallest absolute Gasteiger partial charge is 0.338 e. The molecule has 0 saturated carbocycles. The van der Waals surface area contributed by atoms with Gasteiger partial charge in [-0.3, -0.25) is 4.79 Å².